The molecular formula is C37H57N3O. The van der Waals surface area contributed by atoms with Crippen LogP contribution in [0, 0.1) is 0 Å². The second-order valence-electron chi connectivity index (χ2n) is 10.1. The average molecular weight is 560 g/mol. The standard InChI is InChI=1S/C29H37NO.C8H20N2/c1-6-13-24(4)14-12-17-29(28(7-2)25-15-10-9-11-16-25)26-18-20-27(21-19-26)31-23-22-30(5)8-3;1-3-9-7-5-6-8-10-4-2/h6,9-16,18-21H,1,7-8,17,22-23H2,2-5H3;9-10H,3-8H2,1-2H3/b14-12-,24-13-,29-28-;. The molecule has 0 fully saturated rings. The van der Waals surface area contributed by atoms with E-state index in [0.29, 0.717) is 6.61 Å². The molecule has 0 aromatic heterocycles. The van der Waals surface area contributed by atoms with E-state index in [1.807, 2.05) is 12.2 Å². The van der Waals surface area contributed by atoms with Crippen LogP contribution in [0.15, 0.2) is 91.1 Å². The van der Waals surface area contributed by atoms with Gasteiger partial charge in [-0.3, -0.25) is 0 Å². The van der Waals surface area contributed by atoms with Crippen molar-refractivity contribution < 1.29 is 4.74 Å². The minimum atomic E-state index is 0.703. The lowest BCUT2D eigenvalue weighted by Crippen LogP contribution is -2.23. The van der Waals surface area contributed by atoms with Crippen LogP contribution in [0.4, 0.5) is 0 Å². The maximum Gasteiger partial charge on any atom is 0.119 e. The summed E-state index contributed by atoms with van der Waals surface area (Å²) in [4.78, 5) is 2.25. The molecule has 0 saturated carbocycles. The summed E-state index contributed by atoms with van der Waals surface area (Å²) in [6.07, 6.45) is 12.7. The molecule has 0 spiro atoms. The molecule has 2 N–H and O–H groups in total. The lowest BCUT2D eigenvalue weighted by molar-refractivity contribution is 0.244. The van der Waals surface area contributed by atoms with Gasteiger partial charge in [0.1, 0.15) is 12.4 Å². The number of nitrogens with zero attached hydrogens (tertiary/aromatic N) is 1. The molecule has 0 heterocycles. The second-order valence-corrected chi connectivity index (χ2v) is 10.1. The van der Waals surface area contributed by atoms with E-state index in [9.17, 15) is 0 Å². The van der Waals surface area contributed by atoms with Gasteiger partial charge in [0, 0.05) is 6.54 Å². The second kappa shape index (κ2) is 23.8. The Morgan fingerprint density at radius 2 is 1.46 bits per heavy atom. The Morgan fingerprint density at radius 3 is 2.00 bits per heavy atom. The Bertz CT molecular complexity index is 1010. The molecule has 0 aliphatic rings. The molecule has 41 heavy (non-hydrogen) atoms. The highest BCUT2D eigenvalue weighted by atomic mass is 16.5. The van der Waals surface area contributed by atoms with E-state index < -0.39 is 0 Å². The lowest BCUT2D eigenvalue weighted by Gasteiger charge is -2.16. The van der Waals surface area contributed by atoms with Crippen LogP contribution in [-0.2, 0) is 0 Å². The number of ether oxygens (including phenoxy) is 1. The van der Waals surface area contributed by atoms with E-state index in [4.69, 9.17) is 4.74 Å². The van der Waals surface area contributed by atoms with Crippen LogP contribution in [-0.4, -0.2) is 57.8 Å². The molecule has 0 aliphatic carbocycles. The van der Waals surface area contributed by atoms with Gasteiger partial charge in [-0.25, -0.2) is 0 Å². The Morgan fingerprint density at radius 1 is 0.854 bits per heavy atom. The molecule has 0 saturated heterocycles. The largest absolute Gasteiger partial charge is 0.492 e. The highest BCUT2D eigenvalue weighted by Gasteiger charge is 2.10. The molecule has 0 aliphatic heterocycles. The van der Waals surface area contributed by atoms with Crippen molar-refractivity contribution in [3.05, 3.63) is 102 Å². The number of unbranched alkanes of at least 4 members (excludes halogenated alkanes) is 1. The summed E-state index contributed by atoms with van der Waals surface area (Å²) in [7, 11) is 2.11. The number of benzene rings is 2. The first-order valence-corrected chi connectivity index (χ1v) is 15.6. The third kappa shape index (κ3) is 16.2. The van der Waals surface area contributed by atoms with Crippen LogP contribution in [0.25, 0.3) is 11.1 Å². The SMILES string of the molecule is C=C/C=C(C)\C=C/C/C(=C(\CC)c1ccccc1)c1ccc(OCCN(C)CC)cc1.CCNCCCCNCC. The minimum Gasteiger partial charge on any atom is -0.492 e. The van der Waals surface area contributed by atoms with E-state index in [0.717, 1.165) is 44.8 Å². The zero-order valence-corrected chi connectivity index (χ0v) is 26.8. The third-order valence-corrected chi connectivity index (χ3v) is 6.86. The molecular weight excluding hydrogens is 502 g/mol. The van der Waals surface area contributed by atoms with Crippen molar-refractivity contribution in [2.75, 3.05) is 52.9 Å². The molecule has 4 heteroatoms. The molecule has 0 unspecified atom stereocenters. The number of hydrogen-bond donors (Lipinski definition) is 2. The van der Waals surface area contributed by atoms with Gasteiger partial charge in [-0.1, -0.05) is 107 Å². The molecule has 2 rings (SSSR count). The summed E-state index contributed by atoms with van der Waals surface area (Å²) in [6.45, 7) is 21.8. The van der Waals surface area contributed by atoms with Gasteiger partial charge in [0.25, 0.3) is 0 Å². The van der Waals surface area contributed by atoms with Crippen molar-refractivity contribution in [2.24, 2.45) is 0 Å². The Labute approximate surface area is 252 Å². The first-order valence-electron chi connectivity index (χ1n) is 15.6. The van der Waals surface area contributed by atoms with Crippen LogP contribution >= 0.6 is 0 Å². The van der Waals surface area contributed by atoms with Crippen LogP contribution in [0.2, 0.25) is 0 Å². The number of likely N-dealkylation sites (N-methyl/N-ethyl adjacent to an activating group) is 1. The molecule has 0 bridgehead atoms. The predicted molar refractivity (Wildman–Crippen MR) is 183 cm³/mol. The number of hydrogen-bond acceptors (Lipinski definition) is 4. The topological polar surface area (TPSA) is 36.5 Å². The molecule has 226 valence electrons. The number of nitrogens with one attached hydrogen (secondary N) is 2. The highest BCUT2D eigenvalue weighted by molar-refractivity contribution is 5.91. The molecule has 2 aromatic rings. The Balaban J connectivity index is 0.000000716. The number of allylic oxidation sites excluding steroid dienone is 7. The van der Waals surface area contributed by atoms with E-state index >= 15 is 0 Å². The maximum absolute atomic E-state index is 5.94. The van der Waals surface area contributed by atoms with E-state index in [1.165, 1.54) is 53.8 Å². The maximum atomic E-state index is 5.94. The minimum absolute atomic E-state index is 0.703. The summed E-state index contributed by atoms with van der Waals surface area (Å²) < 4.78 is 5.94. The first-order chi connectivity index (χ1) is 20.0. The van der Waals surface area contributed by atoms with Crippen molar-refractivity contribution in [2.45, 2.75) is 60.3 Å². The summed E-state index contributed by atoms with van der Waals surface area (Å²) in [5, 5.41) is 6.59. The molecule has 2 aromatic carbocycles. The third-order valence-electron chi connectivity index (χ3n) is 6.86. The van der Waals surface area contributed by atoms with Crippen LogP contribution < -0.4 is 15.4 Å². The van der Waals surface area contributed by atoms with Gasteiger partial charge in [-0.05, 0) is 107 Å². The zero-order valence-electron chi connectivity index (χ0n) is 26.8. The normalized spacial score (nSPS) is 12.2. The van der Waals surface area contributed by atoms with Crippen molar-refractivity contribution in [3.8, 4) is 5.75 Å². The van der Waals surface area contributed by atoms with Crippen molar-refractivity contribution in [1.82, 2.24) is 15.5 Å². The monoisotopic (exact) mass is 559 g/mol. The van der Waals surface area contributed by atoms with E-state index in [2.05, 4.69) is 131 Å². The molecule has 0 radical (unpaired) electrons. The Kier molecular flexibility index (Phi) is 20.9. The quantitative estimate of drug-likeness (QED) is 0.103. The van der Waals surface area contributed by atoms with Crippen LogP contribution in [0.3, 0.4) is 0 Å². The van der Waals surface area contributed by atoms with Gasteiger partial charge in [0.2, 0.25) is 0 Å². The number of rotatable bonds is 19. The van der Waals surface area contributed by atoms with Crippen molar-refractivity contribution in [3.63, 3.8) is 0 Å². The smallest absolute Gasteiger partial charge is 0.119 e. The Hall–Kier alpha value is -2.92. The van der Waals surface area contributed by atoms with E-state index in [-0.39, 0.29) is 0 Å². The summed E-state index contributed by atoms with van der Waals surface area (Å²) in [5.74, 6) is 0.922. The fourth-order valence-electron chi connectivity index (χ4n) is 4.33. The molecule has 0 amide bonds. The van der Waals surface area contributed by atoms with Crippen molar-refractivity contribution >= 4 is 11.1 Å². The van der Waals surface area contributed by atoms with Crippen LogP contribution in [0.5, 0.6) is 5.75 Å². The van der Waals surface area contributed by atoms with Gasteiger partial charge < -0.3 is 20.3 Å². The van der Waals surface area contributed by atoms with Crippen LogP contribution in [0.1, 0.15) is 71.4 Å². The lowest BCUT2D eigenvalue weighted by atomic mass is 9.90. The van der Waals surface area contributed by atoms with Gasteiger partial charge in [-0.2, -0.15) is 0 Å². The fraction of sp³-hybridized carbons (Fsp3) is 0.459. The van der Waals surface area contributed by atoms with Gasteiger partial charge >= 0.3 is 0 Å². The summed E-state index contributed by atoms with van der Waals surface area (Å²) >= 11 is 0. The van der Waals surface area contributed by atoms with Gasteiger partial charge in [-0.15, -0.1) is 0 Å². The van der Waals surface area contributed by atoms with Gasteiger partial charge in [0.05, 0.1) is 0 Å². The summed E-state index contributed by atoms with van der Waals surface area (Å²) in [6, 6.07) is 19.2. The highest BCUT2D eigenvalue weighted by Crippen LogP contribution is 2.32. The summed E-state index contributed by atoms with van der Waals surface area (Å²) in [5.41, 5.74) is 6.47. The van der Waals surface area contributed by atoms with Gasteiger partial charge in [0.15, 0.2) is 0 Å². The predicted octanol–water partition coefficient (Wildman–Crippen LogP) is 8.40. The zero-order chi connectivity index (χ0) is 30.1. The fourth-order valence-corrected chi connectivity index (χ4v) is 4.33. The molecule has 0 atom stereocenters. The first kappa shape index (κ1) is 36.1. The molecule has 4 nitrogen and oxygen atoms in total. The van der Waals surface area contributed by atoms with Crippen molar-refractivity contribution in [1.29, 1.82) is 0 Å². The average Bonchev–Trinajstić information content (AvgIpc) is 3.00. The van der Waals surface area contributed by atoms with E-state index in [1.54, 1.807) is 0 Å².